The first-order valence-electron chi connectivity index (χ1n) is 8.37. The van der Waals surface area contributed by atoms with Crippen LogP contribution in [0.15, 0.2) is 23.7 Å². The lowest BCUT2D eigenvalue weighted by molar-refractivity contribution is -0.126. The highest BCUT2D eigenvalue weighted by atomic mass is 35.5. The highest BCUT2D eigenvalue weighted by Crippen LogP contribution is 2.18. The van der Waals surface area contributed by atoms with Crippen LogP contribution in [0.1, 0.15) is 28.2 Å². The molecule has 0 saturated carbocycles. The molecule has 10 heteroatoms. The third-order valence-electron chi connectivity index (χ3n) is 4.18. The highest BCUT2D eigenvalue weighted by Gasteiger charge is 2.29. The number of halogens is 1. The molecule has 142 valence electrons. The van der Waals surface area contributed by atoms with Gasteiger partial charge < -0.3 is 16.0 Å². The Morgan fingerprint density at radius 1 is 1.42 bits per heavy atom. The number of nitrogens with one attached hydrogen (secondary N) is 1. The van der Waals surface area contributed by atoms with E-state index in [1.165, 1.54) is 0 Å². The third kappa shape index (κ3) is 5.03. The number of piperidine rings is 1. The summed E-state index contributed by atoms with van der Waals surface area (Å²) in [5, 5.41) is 12.8. The van der Waals surface area contributed by atoms with Crippen LogP contribution in [0.4, 0.5) is 0 Å². The lowest BCUT2D eigenvalue weighted by atomic mass is 9.97. The molecule has 0 aliphatic carbocycles. The number of hydrogen-bond acceptors (Lipinski definition) is 6. The average Bonchev–Trinajstić information content (AvgIpc) is 3.31. The van der Waals surface area contributed by atoms with E-state index in [9.17, 15) is 9.59 Å². The maximum absolute atomic E-state index is 12.7. The minimum absolute atomic E-state index is 0. The van der Waals surface area contributed by atoms with Crippen LogP contribution in [0.3, 0.4) is 0 Å². The minimum atomic E-state index is -0.189. The SMILES string of the molecule is Cl.NCCNC(=O)C1CCCN(C(=O)c2cn(Cc3cccs3)nn2)C1. The second kappa shape index (κ2) is 9.65. The summed E-state index contributed by atoms with van der Waals surface area (Å²) in [6.45, 7) is 2.52. The van der Waals surface area contributed by atoms with E-state index >= 15 is 0 Å². The maximum Gasteiger partial charge on any atom is 0.276 e. The Bertz CT molecular complexity index is 720. The number of carbonyl (C=O) groups is 2. The van der Waals surface area contributed by atoms with E-state index in [2.05, 4.69) is 15.6 Å². The van der Waals surface area contributed by atoms with Gasteiger partial charge in [0.05, 0.1) is 18.7 Å². The monoisotopic (exact) mass is 398 g/mol. The maximum atomic E-state index is 12.7. The fourth-order valence-electron chi connectivity index (χ4n) is 2.91. The Labute approximate surface area is 162 Å². The normalized spacial score (nSPS) is 16.8. The van der Waals surface area contributed by atoms with Crippen LogP contribution in [0.2, 0.25) is 0 Å². The van der Waals surface area contributed by atoms with E-state index in [4.69, 9.17) is 5.73 Å². The molecule has 1 aliphatic heterocycles. The summed E-state index contributed by atoms with van der Waals surface area (Å²) >= 11 is 1.64. The van der Waals surface area contributed by atoms with E-state index in [-0.39, 0.29) is 30.1 Å². The first kappa shape index (κ1) is 20.3. The average molecular weight is 399 g/mol. The number of carbonyl (C=O) groups excluding carboxylic acids is 2. The molecule has 1 aliphatic rings. The molecule has 3 heterocycles. The summed E-state index contributed by atoms with van der Waals surface area (Å²) in [4.78, 5) is 27.6. The number of rotatable bonds is 6. The summed E-state index contributed by atoms with van der Waals surface area (Å²) in [5.41, 5.74) is 5.73. The van der Waals surface area contributed by atoms with Crippen molar-refractivity contribution in [1.29, 1.82) is 0 Å². The number of thiophene rings is 1. The van der Waals surface area contributed by atoms with E-state index in [0.29, 0.717) is 38.4 Å². The zero-order valence-corrected chi connectivity index (χ0v) is 16.0. The molecule has 3 N–H and O–H groups in total. The first-order chi connectivity index (χ1) is 12.2. The predicted molar refractivity (Wildman–Crippen MR) is 101 cm³/mol. The van der Waals surface area contributed by atoms with Gasteiger partial charge in [-0.2, -0.15) is 0 Å². The lowest BCUT2D eigenvalue weighted by Gasteiger charge is -2.31. The van der Waals surface area contributed by atoms with Crippen molar-refractivity contribution in [2.75, 3.05) is 26.2 Å². The molecule has 2 amide bonds. The molecule has 1 atom stereocenters. The lowest BCUT2D eigenvalue weighted by Crippen LogP contribution is -2.46. The quantitative estimate of drug-likeness (QED) is 0.746. The van der Waals surface area contributed by atoms with Gasteiger partial charge in [0.2, 0.25) is 5.91 Å². The molecular formula is C16H23ClN6O2S. The number of nitrogens with two attached hydrogens (primary N) is 1. The number of hydrogen-bond donors (Lipinski definition) is 2. The summed E-state index contributed by atoms with van der Waals surface area (Å²) in [6, 6.07) is 4.00. The molecule has 1 unspecified atom stereocenters. The molecular weight excluding hydrogens is 376 g/mol. The van der Waals surface area contributed by atoms with Crippen molar-refractivity contribution in [3.05, 3.63) is 34.3 Å². The Morgan fingerprint density at radius 2 is 2.27 bits per heavy atom. The van der Waals surface area contributed by atoms with Gasteiger partial charge in [0, 0.05) is 31.1 Å². The Hall–Kier alpha value is -1.97. The van der Waals surface area contributed by atoms with Crippen molar-refractivity contribution < 1.29 is 9.59 Å². The van der Waals surface area contributed by atoms with Crippen LogP contribution in [-0.4, -0.2) is 57.9 Å². The number of likely N-dealkylation sites (tertiary alicyclic amines) is 1. The van der Waals surface area contributed by atoms with Crippen LogP contribution in [0, 0.1) is 5.92 Å². The van der Waals surface area contributed by atoms with Gasteiger partial charge in [-0.25, -0.2) is 4.68 Å². The van der Waals surface area contributed by atoms with Gasteiger partial charge in [0.25, 0.3) is 5.91 Å². The predicted octanol–water partition coefficient (Wildman–Crippen LogP) is 0.737. The van der Waals surface area contributed by atoms with E-state index in [0.717, 1.165) is 17.7 Å². The van der Waals surface area contributed by atoms with Crippen LogP contribution >= 0.6 is 23.7 Å². The smallest absolute Gasteiger partial charge is 0.276 e. The fraction of sp³-hybridized carbons (Fsp3) is 0.500. The third-order valence-corrected chi connectivity index (χ3v) is 5.04. The molecule has 1 saturated heterocycles. The fourth-order valence-corrected chi connectivity index (χ4v) is 3.61. The molecule has 0 bridgehead atoms. The number of aromatic nitrogens is 3. The van der Waals surface area contributed by atoms with Gasteiger partial charge in [-0.1, -0.05) is 11.3 Å². The Balaban J connectivity index is 0.00000243. The molecule has 1 fully saturated rings. The van der Waals surface area contributed by atoms with Crippen LogP contribution < -0.4 is 11.1 Å². The summed E-state index contributed by atoms with van der Waals surface area (Å²) in [7, 11) is 0. The molecule has 0 spiro atoms. The topological polar surface area (TPSA) is 106 Å². The van der Waals surface area contributed by atoms with E-state index in [1.54, 1.807) is 27.1 Å². The van der Waals surface area contributed by atoms with Crippen molar-refractivity contribution in [3.63, 3.8) is 0 Å². The molecule has 2 aromatic rings. The van der Waals surface area contributed by atoms with Crippen molar-refractivity contribution in [3.8, 4) is 0 Å². The standard InChI is InChI=1S/C16H22N6O2S.ClH/c17-5-6-18-15(23)12-3-1-7-21(9-12)16(24)14-11-22(20-19-14)10-13-4-2-8-25-13;/h2,4,8,11-12H,1,3,5-7,9-10,17H2,(H,18,23);1H. The Kier molecular flexibility index (Phi) is 7.55. The first-order valence-corrected chi connectivity index (χ1v) is 9.25. The molecule has 0 aromatic carbocycles. The van der Waals surface area contributed by atoms with Gasteiger partial charge in [-0.15, -0.1) is 28.8 Å². The summed E-state index contributed by atoms with van der Waals surface area (Å²) in [6.07, 6.45) is 3.25. The van der Waals surface area contributed by atoms with Gasteiger partial charge >= 0.3 is 0 Å². The molecule has 8 nitrogen and oxygen atoms in total. The van der Waals surface area contributed by atoms with Crippen LogP contribution in [0.5, 0.6) is 0 Å². The zero-order chi connectivity index (χ0) is 17.6. The second-order valence-electron chi connectivity index (χ2n) is 6.05. The van der Waals surface area contributed by atoms with Gasteiger partial charge in [-0.3, -0.25) is 9.59 Å². The van der Waals surface area contributed by atoms with Crippen molar-refractivity contribution in [2.24, 2.45) is 11.7 Å². The number of amides is 2. The molecule has 2 aromatic heterocycles. The van der Waals surface area contributed by atoms with Crippen molar-refractivity contribution >= 4 is 35.6 Å². The van der Waals surface area contributed by atoms with Crippen molar-refractivity contribution in [1.82, 2.24) is 25.2 Å². The molecule has 26 heavy (non-hydrogen) atoms. The van der Waals surface area contributed by atoms with Gasteiger partial charge in [0.15, 0.2) is 5.69 Å². The Morgan fingerprint density at radius 3 is 3.00 bits per heavy atom. The van der Waals surface area contributed by atoms with Crippen LogP contribution in [-0.2, 0) is 11.3 Å². The highest BCUT2D eigenvalue weighted by molar-refractivity contribution is 7.09. The zero-order valence-electron chi connectivity index (χ0n) is 14.3. The molecule has 3 rings (SSSR count). The second-order valence-corrected chi connectivity index (χ2v) is 7.08. The molecule has 0 radical (unpaired) electrons. The largest absolute Gasteiger partial charge is 0.355 e. The minimum Gasteiger partial charge on any atom is -0.355 e. The van der Waals surface area contributed by atoms with E-state index < -0.39 is 0 Å². The van der Waals surface area contributed by atoms with Gasteiger partial charge in [-0.05, 0) is 24.3 Å². The van der Waals surface area contributed by atoms with Gasteiger partial charge in [0.1, 0.15) is 0 Å². The summed E-state index contributed by atoms with van der Waals surface area (Å²) in [5.74, 6) is -0.400. The van der Waals surface area contributed by atoms with Crippen molar-refractivity contribution in [2.45, 2.75) is 19.4 Å². The summed E-state index contributed by atoms with van der Waals surface area (Å²) < 4.78 is 1.66. The number of nitrogens with zero attached hydrogens (tertiary/aromatic N) is 4. The van der Waals surface area contributed by atoms with Crippen LogP contribution in [0.25, 0.3) is 0 Å². The van der Waals surface area contributed by atoms with E-state index in [1.807, 2.05) is 17.5 Å².